The lowest BCUT2D eigenvalue weighted by molar-refractivity contribution is 0.157. The summed E-state index contributed by atoms with van der Waals surface area (Å²) in [6, 6.07) is 4.11. The number of rotatable bonds is 2. The van der Waals surface area contributed by atoms with Crippen LogP contribution in [0.15, 0.2) is 28.2 Å². The van der Waals surface area contributed by atoms with E-state index in [1.54, 1.807) is 6.26 Å². The van der Waals surface area contributed by atoms with Crippen LogP contribution in [0.1, 0.15) is 23.7 Å². The van der Waals surface area contributed by atoms with Gasteiger partial charge in [0.15, 0.2) is 5.16 Å². The zero-order valence-electron chi connectivity index (χ0n) is 11.2. The number of halogens is 1. The molecule has 7 heteroatoms. The van der Waals surface area contributed by atoms with Gasteiger partial charge in [-0.1, -0.05) is 17.8 Å². The van der Waals surface area contributed by atoms with Crippen molar-refractivity contribution in [3.8, 4) is 11.6 Å². The third-order valence-electron chi connectivity index (χ3n) is 3.41. The quantitative estimate of drug-likeness (QED) is 0.658. The largest absolute Gasteiger partial charge is 0.507 e. The Morgan fingerprint density at radius 3 is 3.05 bits per heavy atom. The number of aromatic amines is 1. The van der Waals surface area contributed by atoms with Gasteiger partial charge in [-0.25, -0.2) is 4.39 Å². The number of nitrogens with one attached hydrogen (secondary N) is 1. The zero-order valence-corrected chi connectivity index (χ0v) is 12.0. The Bertz CT molecular complexity index is 727. The summed E-state index contributed by atoms with van der Waals surface area (Å²) in [5.41, 5.74) is 0.330. The standard InChI is InChI=1S/C14H13FN2O3S/c1-21-14-16-12(19)7-5-6-10(20-13(7)17-14)11-8(15)3-2-4-9(11)18/h2-4,10,18H,5-6H2,1H3,(H,16,17,19). The lowest BCUT2D eigenvalue weighted by Gasteiger charge is -2.25. The molecule has 2 aromatic rings. The summed E-state index contributed by atoms with van der Waals surface area (Å²) >= 11 is 1.29. The van der Waals surface area contributed by atoms with Crippen molar-refractivity contribution >= 4 is 11.8 Å². The SMILES string of the molecule is CSc1nc2c(c(=O)[nH]1)CCC(c1c(O)cccc1F)O2. The van der Waals surface area contributed by atoms with Crippen LogP contribution in [0.3, 0.4) is 0 Å². The first kappa shape index (κ1) is 13.9. The molecule has 1 aliphatic rings. The average molecular weight is 308 g/mol. The summed E-state index contributed by atoms with van der Waals surface area (Å²) in [6.07, 6.45) is 1.96. The Labute approximate surface area is 124 Å². The molecule has 0 fully saturated rings. The molecule has 1 aliphatic heterocycles. The molecule has 0 amide bonds. The lowest BCUT2D eigenvalue weighted by Crippen LogP contribution is -2.25. The summed E-state index contributed by atoms with van der Waals surface area (Å²) in [5, 5.41) is 10.3. The van der Waals surface area contributed by atoms with Crippen molar-refractivity contribution < 1.29 is 14.2 Å². The summed E-state index contributed by atoms with van der Waals surface area (Å²) < 4.78 is 19.6. The Morgan fingerprint density at radius 1 is 1.52 bits per heavy atom. The highest BCUT2D eigenvalue weighted by Gasteiger charge is 2.29. The number of nitrogens with zero attached hydrogens (tertiary/aromatic N) is 1. The molecule has 21 heavy (non-hydrogen) atoms. The molecule has 0 aliphatic carbocycles. The van der Waals surface area contributed by atoms with Gasteiger partial charge >= 0.3 is 0 Å². The van der Waals surface area contributed by atoms with Gasteiger partial charge in [-0.05, 0) is 31.2 Å². The molecule has 1 aromatic heterocycles. The second kappa shape index (κ2) is 5.40. The maximum absolute atomic E-state index is 13.9. The third-order valence-corrected chi connectivity index (χ3v) is 3.99. The molecule has 0 bridgehead atoms. The van der Waals surface area contributed by atoms with E-state index in [2.05, 4.69) is 9.97 Å². The molecule has 2 heterocycles. The monoisotopic (exact) mass is 308 g/mol. The highest BCUT2D eigenvalue weighted by Crippen LogP contribution is 2.37. The van der Waals surface area contributed by atoms with Crippen molar-refractivity contribution in [3.63, 3.8) is 0 Å². The molecular weight excluding hydrogens is 295 g/mol. The fourth-order valence-corrected chi connectivity index (χ4v) is 2.76. The fraction of sp³-hybridized carbons (Fsp3) is 0.286. The van der Waals surface area contributed by atoms with E-state index in [1.807, 2.05) is 0 Å². The topological polar surface area (TPSA) is 75.2 Å². The highest BCUT2D eigenvalue weighted by molar-refractivity contribution is 7.98. The molecule has 0 saturated carbocycles. The number of fused-ring (bicyclic) bond motifs is 1. The molecule has 0 radical (unpaired) electrons. The van der Waals surface area contributed by atoms with E-state index in [4.69, 9.17) is 4.74 Å². The Kier molecular flexibility index (Phi) is 3.59. The molecule has 3 rings (SSSR count). The van der Waals surface area contributed by atoms with E-state index in [0.29, 0.717) is 23.6 Å². The van der Waals surface area contributed by atoms with E-state index in [-0.39, 0.29) is 22.8 Å². The van der Waals surface area contributed by atoms with Crippen LogP contribution in [0.4, 0.5) is 4.39 Å². The average Bonchev–Trinajstić information content (AvgIpc) is 2.46. The van der Waals surface area contributed by atoms with E-state index >= 15 is 0 Å². The van der Waals surface area contributed by atoms with Crippen molar-refractivity contribution in [1.29, 1.82) is 0 Å². The molecule has 110 valence electrons. The summed E-state index contributed by atoms with van der Waals surface area (Å²) in [6.45, 7) is 0. The molecule has 5 nitrogen and oxygen atoms in total. The number of benzene rings is 1. The molecule has 0 saturated heterocycles. The number of thioether (sulfide) groups is 1. The third kappa shape index (κ3) is 2.49. The highest BCUT2D eigenvalue weighted by atomic mass is 32.2. The van der Waals surface area contributed by atoms with Crippen LogP contribution in [-0.4, -0.2) is 21.3 Å². The van der Waals surface area contributed by atoms with Gasteiger partial charge < -0.3 is 14.8 Å². The molecule has 1 atom stereocenters. The van der Waals surface area contributed by atoms with Crippen molar-refractivity contribution in [1.82, 2.24) is 9.97 Å². The number of hydrogen-bond donors (Lipinski definition) is 2. The summed E-state index contributed by atoms with van der Waals surface area (Å²) in [7, 11) is 0. The number of ether oxygens (including phenoxy) is 1. The van der Waals surface area contributed by atoms with Crippen molar-refractivity contribution in [2.24, 2.45) is 0 Å². The smallest absolute Gasteiger partial charge is 0.258 e. The van der Waals surface area contributed by atoms with Gasteiger partial charge in [0.2, 0.25) is 5.88 Å². The maximum atomic E-state index is 13.9. The molecule has 1 unspecified atom stereocenters. The predicted molar refractivity (Wildman–Crippen MR) is 76.4 cm³/mol. The predicted octanol–water partition coefficient (Wildman–Crippen LogP) is 2.40. The number of phenols is 1. The number of H-pyrrole nitrogens is 1. The Hall–Kier alpha value is -2.02. The van der Waals surface area contributed by atoms with Crippen LogP contribution in [0.25, 0.3) is 0 Å². The minimum Gasteiger partial charge on any atom is -0.507 e. The van der Waals surface area contributed by atoms with Crippen molar-refractivity contribution in [2.75, 3.05) is 6.26 Å². The Balaban J connectivity index is 2.01. The van der Waals surface area contributed by atoms with Gasteiger partial charge in [-0.2, -0.15) is 4.98 Å². The van der Waals surface area contributed by atoms with Crippen LogP contribution in [-0.2, 0) is 6.42 Å². The van der Waals surface area contributed by atoms with Gasteiger partial charge in [0.25, 0.3) is 5.56 Å². The van der Waals surface area contributed by atoms with Crippen LogP contribution in [0, 0.1) is 5.82 Å². The molecule has 0 spiro atoms. The minimum absolute atomic E-state index is 0.107. The van der Waals surface area contributed by atoms with E-state index < -0.39 is 11.9 Å². The molecule has 2 N–H and O–H groups in total. The van der Waals surface area contributed by atoms with Gasteiger partial charge in [0.05, 0.1) is 11.1 Å². The van der Waals surface area contributed by atoms with E-state index in [9.17, 15) is 14.3 Å². The molecular formula is C14H13FN2O3S. The van der Waals surface area contributed by atoms with Gasteiger partial charge in [0, 0.05) is 0 Å². The number of aromatic nitrogens is 2. The lowest BCUT2D eigenvalue weighted by atomic mass is 9.98. The fourth-order valence-electron chi connectivity index (χ4n) is 2.39. The first-order valence-corrected chi connectivity index (χ1v) is 7.64. The molecule has 1 aromatic carbocycles. The van der Waals surface area contributed by atoms with Crippen molar-refractivity contribution in [2.45, 2.75) is 24.1 Å². The second-order valence-corrected chi connectivity index (χ2v) is 5.47. The first-order valence-electron chi connectivity index (χ1n) is 6.41. The summed E-state index contributed by atoms with van der Waals surface area (Å²) in [5.74, 6) is -0.473. The number of hydrogen-bond acceptors (Lipinski definition) is 5. The normalized spacial score (nSPS) is 17.1. The maximum Gasteiger partial charge on any atom is 0.258 e. The number of phenolic OH excluding ortho intramolecular Hbond substituents is 1. The first-order chi connectivity index (χ1) is 10.1. The second-order valence-electron chi connectivity index (χ2n) is 4.68. The summed E-state index contributed by atoms with van der Waals surface area (Å²) in [4.78, 5) is 18.8. The number of aromatic hydroxyl groups is 1. The van der Waals surface area contributed by atoms with Crippen molar-refractivity contribution in [3.05, 3.63) is 45.5 Å². The van der Waals surface area contributed by atoms with Gasteiger partial charge in [0.1, 0.15) is 17.7 Å². The van der Waals surface area contributed by atoms with E-state index in [0.717, 1.165) is 0 Å². The van der Waals surface area contributed by atoms with Gasteiger partial charge in [-0.15, -0.1) is 0 Å². The van der Waals surface area contributed by atoms with Crippen LogP contribution >= 0.6 is 11.8 Å². The van der Waals surface area contributed by atoms with Crippen LogP contribution in [0.5, 0.6) is 11.6 Å². The van der Waals surface area contributed by atoms with Crippen LogP contribution < -0.4 is 10.3 Å². The van der Waals surface area contributed by atoms with Gasteiger partial charge in [-0.3, -0.25) is 4.79 Å². The van der Waals surface area contributed by atoms with E-state index in [1.165, 1.54) is 30.0 Å². The zero-order chi connectivity index (χ0) is 15.0. The minimum atomic E-state index is -0.650. The van der Waals surface area contributed by atoms with Crippen LogP contribution in [0.2, 0.25) is 0 Å². The Morgan fingerprint density at radius 2 is 2.33 bits per heavy atom.